The molecule has 1 aliphatic heterocycles. The number of benzene rings is 1. The van der Waals surface area contributed by atoms with Crippen LogP contribution in [0.5, 0.6) is 0 Å². The number of methoxy groups -OCH3 is 1. The van der Waals surface area contributed by atoms with Gasteiger partial charge in [-0.25, -0.2) is 0 Å². The molecule has 0 amide bonds. The monoisotopic (exact) mass is 258 g/mol. The van der Waals surface area contributed by atoms with E-state index < -0.39 is 5.54 Å². The van der Waals surface area contributed by atoms with Crippen LogP contribution in [0.25, 0.3) is 0 Å². The highest BCUT2D eigenvalue weighted by Gasteiger charge is 2.48. The molecule has 0 spiro atoms. The van der Waals surface area contributed by atoms with Gasteiger partial charge in [-0.3, -0.25) is 10.1 Å². The number of carbonyl (C=O) groups is 1. The third-order valence-corrected chi connectivity index (χ3v) is 3.83. The van der Waals surface area contributed by atoms with Crippen LogP contribution in [-0.2, 0) is 9.53 Å². The quantitative estimate of drug-likeness (QED) is 0.825. The Morgan fingerprint density at radius 1 is 1.53 bits per heavy atom. The van der Waals surface area contributed by atoms with Crippen molar-refractivity contribution in [1.82, 2.24) is 5.32 Å². The summed E-state index contributed by atoms with van der Waals surface area (Å²) in [4.78, 5) is 11.9. The number of ether oxygens (including phenoxy) is 1. The van der Waals surface area contributed by atoms with E-state index in [1.165, 1.54) is 7.11 Å². The lowest BCUT2D eigenvalue weighted by atomic mass is 9.90. The normalized spacial score (nSPS) is 29.8. The van der Waals surface area contributed by atoms with Crippen molar-refractivity contribution in [3.05, 3.63) is 35.4 Å². The van der Waals surface area contributed by atoms with Crippen molar-refractivity contribution in [2.75, 3.05) is 7.11 Å². The van der Waals surface area contributed by atoms with Crippen molar-refractivity contribution >= 4 is 5.97 Å². The molecule has 3 atom stereocenters. The van der Waals surface area contributed by atoms with E-state index in [1.807, 2.05) is 31.2 Å². The summed E-state index contributed by atoms with van der Waals surface area (Å²) in [7, 11) is 1.37. The highest BCUT2D eigenvalue weighted by molar-refractivity contribution is 5.81. The van der Waals surface area contributed by atoms with Crippen LogP contribution in [0.2, 0.25) is 0 Å². The van der Waals surface area contributed by atoms with Gasteiger partial charge in [-0.05, 0) is 31.4 Å². The Morgan fingerprint density at radius 2 is 2.21 bits per heavy atom. The number of rotatable bonds is 2. The minimum Gasteiger partial charge on any atom is -0.468 e. The summed E-state index contributed by atoms with van der Waals surface area (Å²) in [5.74, 6) is -0.547. The van der Waals surface area contributed by atoms with Gasteiger partial charge in [0.2, 0.25) is 0 Å². The summed E-state index contributed by atoms with van der Waals surface area (Å²) in [5, 5.41) is 12.6. The SMILES string of the molecule is COC(=O)[C@]1(C)C[C@@H](C#N)[C@H](c2ccccc2C)N1. The van der Waals surface area contributed by atoms with E-state index in [1.54, 1.807) is 6.92 Å². The van der Waals surface area contributed by atoms with Crippen LogP contribution >= 0.6 is 0 Å². The summed E-state index contributed by atoms with van der Waals surface area (Å²) in [6.07, 6.45) is 0.467. The molecule has 1 saturated heterocycles. The molecule has 0 bridgehead atoms. The van der Waals surface area contributed by atoms with E-state index in [2.05, 4.69) is 11.4 Å². The number of nitriles is 1. The molecule has 4 heteroatoms. The first-order valence-corrected chi connectivity index (χ1v) is 6.33. The van der Waals surface area contributed by atoms with Crippen LogP contribution < -0.4 is 5.32 Å². The second-order valence-corrected chi connectivity index (χ2v) is 5.24. The smallest absolute Gasteiger partial charge is 0.325 e. The van der Waals surface area contributed by atoms with E-state index in [-0.39, 0.29) is 17.9 Å². The number of hydrogen-bond acceptors (Lipinski definition) is 4. The standard InChI is InChI=1S/C15H18N2O2/c1-10-6-4-5-7-12(10)13-11(9-16)8-15(2,17-13)14(18)19-3/h4-7,11,13,17H,8H2,1-3H3/t11-,13+,15-/m0/s1. The second-order valence-electron chi connectivity index (χ2n) is 5.24. The Kier molecular flexibility index (Phi) is 3.59. The molecule has 1 fully saturated rings. The summed E-state index contributed by atoms with van der Waals surface area (Å²) >= 11 is 0. The van der Waals surface area contributed by atoms with Crippen molar-refractivity contribution in [2.45, 2.75) is 31.8 Å². The van der Waals surface area contributed by atoms with Crippen molar-refractivity contribution in [1.29, 1.82) is 5.26 Å². The third kappa shape index (κ3) is 2.34. The Balaban J connectivity index is 2.35. The molecule has 19 heavy (non-hydrogen) atoms. The minimum atomic E-state index is -0.790. The highest BCUT2D eigenvalue weighted by Crippen LogP contribution is 2.39. The Bertz CT molecular complexity index is 535. The topological polar surface area (TPSA) is 62.1 Å². The van der Waals surface area contributed by atoms with Crippen LogP contribution in [0.15, 0.2) is 24.3 Å². The van der Waals surface area contributed by atoms with Gasteiger partial charge >= 0.3 is 5.97 Å². The lowest BCUT2D eigenvalue weighted by Crippen LogP contribution is -2.46. The number of esters is 1. The molecule has 1 N–H and O–H groups in total. The zero-order valence-corrected chi connectivity index (χ0v) is 11.4. The summed E-state index contributed by atoms with van der Waals surface area (Å²) in [5.41, 5.74) is 1.40. The molecule has 0 aromatic heterocycles. The fourth-order valence-corrected chi connectivity index (χ4v) is 2.78. The molecular formula is C15H18N2O2. The van der Waals surface area contributed by atoms with Crippen LogP contribution in [-0.4, -0.2) is 18.6 Å². The van der Waals surface area contributed by atoms with Crippen molar-refractivity contribution in [3.8, 4) is 6.07 Å². The molecule has 1 aliphatic rings. The largest absolute Gasteiger partial charge is 0.468 e. The fraction of sp³-hybridized carbons (Fsp3) is 0.467. The Morgan fingerprint density at radius 3 is 2.79 bits per heavy atom. The van der Waals surface area contributed by atoms with E-state index in [4.69, 9.17) is 4.74 Å². The van der Waals surface area contributed by atoms with Gasteiger partial charge in [0.1, 0.15) is 5.54 Å². The molecule has 1 aromatic carbocycles. The predicted molar refractivity (Wildman–Crippen MR) is 71.2 cm³/mol. The number of nitrogens with one attached hydrogen (secondary N) is 1. The summed E-state index contributed by atoms with van der Waals surface area (Å²) in [6, 6.07) is 10.1. The van der Waals surface area contributed by atoms with Crippen molar-refractivity contribution < 1.29 is 9.53 Å². The molecule has 2 rings (SSSR count). The fourth-order valence-electron chi connectivity index (χ4n) is 2.78. The Hall–Kier alpha value is -1.86. The van der Waals surface area contributed by atoms with Gasteiger partial charge in [0, 0.05) is 6.04 Å². The molecule has 1 heterocycles. The lowest BCUT2D eigenvalue weighted by molar-refractivity contribution is -0.147. The average molecular weight is 258 g/mol. The molecule has 0 aliphatic carbocycles. The van der Waals surface area contributed by atoms with Crippen LogP contribution in [0.4, 0.5) is 0 Å². The van der Waals surface area contributed by atoms with Gasteiger partial charge in [0.15, 0.2) is 0 Å². The van der Waals surface area contributed by atoms with Crippen LogP contribution in [0.1, 0.15) is 30.5 Å². The van der Waals surface area contributed by atoms with Crippen molar-refractivity contribution in [3.63, 3.8) is 0 Å². The van der Waals surface area contributed by atoms with Gasteiger partial charge in [-0.1, -0.05) is 24.3 Å². The molecular weight excluding hydrogens is 240 g/mol. The lowest BCUT2D eigenvalue weighted by Gasteiger charge is -2.23. The molecule has 0 unspecified atom stereocenters. The van der Waals surface area contributed by atoms with E-state index >= 15 is 0 Å². The van der Waals surface area contributed by atoms with Crippen molar-refractivity contribution in [2.24, 2.45) is 5.92 Å². The maximum Gasteiger partial charge on any atom is 0.325 e. The average Bonchev–Trinajstić information content (AvgIpc) is 2.77. The maximum atomic E-state index is 11.9. The van der Waals surface area contributed by atoms with E-state index in [0.29, 0.717) is 6.42 Å². The molecule has 0 radical (unpaired) electrons. The zero-order chi connectivity index (χ0) is 14.0. The Labute approximate surface area is 113 Å². The number of hydrogen-bond donors (Lipinski definition) is 1. The number of nitrogens with zero attached hydrogens (tertiary/aromatic N) is 1. The first-order valence-electron chi connectivity index (χ1n) is 6.33. The molecule has 4 nitrogen and oxygen atoms in total. The van der Waals surface area contributed by atoms with Gasteiger partial charge in [0.25, 0.3) is 0 Å². The van der Waals surface area contributed by atoms with Crippen LogP contribution in [0.3, 0.4) is 0 Å². The number of aryl methyl sites for hydroxylation is 1. The van der Waals surface area contributed by atoms with Gasteiger partial charge in [0.05, 0.1) is 19.1 Å². The molecule has 0 saturated carbocycles. The van der Waals surface area contributed by atoms with E-state index in [9.17, 15) is 10.1 Å². The molecule has 1 aromatic rings. The second kappa shape index (κ2) is 5.02. The first-order chi connectivity index (χ1) is 9.01. The minimum absolute atomic E-state index is 0.129. The summed E-state index contributed by atoms with van der Waals surface area (Å²) < 4.78 is 4.83. The molecule has 100 valence electrons. The van der Waals surface area contributed by atoms with Gasteiger partial charge in [-0.15, -0.1) is 0 Å². The highest BCUT2D eigenvalue weighted by atomic mass is 16.5. The van der Waals surface area contributed by atoms with Gasteiger partial charge < -0.3 is 4.74 Å². The first kappa shape index (κ1) is 13.6. The predicted octanol–water partition coefficient (Wildman–Crippen LogP) is 2.10. The van der Waals surface area contributed by atoms with Crippen LogP contribution in [0, 0.1) is 24.2 Å². The van der Waals surface area contributed by atoms with Gasteiger partial charge in [-0.2, -0.15) is 5.26 Å². The number of carbonyl (C=O) groups excluding carboxylic acids is 1. The van der Waals surface area contributed by atoms with E-state index in [0.717, 1.165) is 11.1 Å². The third-order valence-electron chi connectivity index (χ3n) is 3.83. The zero-order valence-electron chi connectivity index (χ0n) is 11.4. The maximum absolute atomic E-state index is 11.9. The summed E-state index contributed by atoms with van der Waals surface area (Å²) in [6.45, 7) is 3.81.